The monoisotopic (exact) mass is 1100 g/mol. The molecular formula is C69H131NO8. The first-order valence-electron chi connectivity index (χ1n) is 34.0. The van der Waals surface area contributed by atoms with Gasteiger partial charge in [-0.15, -0.1) is 0 Å². The van der Waals surface area contributed by atoms with Crippen LogP contribution in [0, 0.1) is 0 Å². The van der Waals surface area contributed by atoms with Gasteiger partial charge >= 0.3 is 11.9 Å². The van der Waals surface area contributed by atoms with Crippen LogP contribution in [0.25, 0.3) is 0 Å². The minimum Gasteiger partial charge on any atom is -0.545 e. The molecule has 2 unspecified atom stereocenters. The van der Waals surface area contributed by atoms with E-state index < -0.39 is 24.3 Å². The lowest BCUT2D eigenvalue weighted by Gasteiger charge is -2.26. The largest absolute Gasteiger partial charge is 0.545 e. The predicted octanol–water partition coefficient (Wildman–Crippen LogP) is 19.3. The maximum absolute atomic E-state index is 12.9. The first kappa shape index (κ1) is 75.8. The van der Waals surface area contributed by atoms with Crippen molar-refractivity contribution in [2.45, 2.75) is 354 Å². The van der Waals surface area contributed by atoms with Crippen molar-refractivity contribution in [2.75, 3.05) is 47.5 Å². The van der Waals surface area contributed by atoms with Gasteiger partial charge in [0.2, 0.25) is 0 Å². The van der Waals surface area contributed by atoms with Gasteiger partial charge < -0.3 is 33.3 Å². The molecule has 0 bridgehead atoms. The van der Waals surface area contributed by atoms with E-state index in [1.165, 1.54) is 270 Å². The summed E-state index contributed by atoms with van der Waals surface area (Å²) in [5.41, 5.74) is 0. The van der Waals surface area contributed by atoms with E-state index in [2.05, 4.69) is 38.2 Å². The fourth-order valence-corrected chi connectivity index (χ4v) is 10.2. The Morgan fingerprint density at radius 1 is 0.385 bits per heavy atom. The first-order chi connectivity index (χ1) is 38.1. The number of allylic oxidation sites excluding steroid dienone is 4. The van der Waals surface area contributed by atoms with Gasteiger partial charge in [-0.05, 0) is 44.9 Å². The Morgan fingerprint density at radius 2 is 0.692 bits per heavy atom. The molecule has 460 valence electrons. The lowest BCUT2D eigenvalue weighted by molar-refractivity contribution is -0.870. The van der Waals surface area contributed by atoms with Gasteiger partial charge in [0.25, 0.3) is 0 Å². The molecule has 9 nitrogen and oxygen atoms in total. The van der Waals surface area contributed by atoms with E-state index >= 15 is 0 Å². The Kier molecular flexibility index (Phi) is 59.1. The zero-order valence-electron chi connectivity index (χ0n) is 52.6. The maximum atomic E-state index is 12.9. The van der Waals surface area contributed by atoms with Crippen LogP contribution in [0.4, 0.5) is 0 Å². The van der Waals surface area contributed by atoms with E-state index in [0.717, 1.165) is 44.9 Å². The smallest absolute Gasteiger partial charge is 0.306 e. The summed E-state index contributed by atoms with van der Waals surface area (Å²) in [7, 11) is 5.94. The zero-order valence-corrected chi connectivity index (χ0v) is 52.6. The maximum Gasteiger partial charge on any atom is 0.306 e. The molecule has 0 aromatic carbocycles. The molecule has 0 aliphatic heterocycles. The van der Waals surface area contributed by atoms with Crippen LogP contribution in [0.1, 0.15) is 341 Å². The normalized spacial score (nSPS) is 12.8. The summed E-state index contributed by atoms with van der Waals surface area (Å²) >= 11 is 0. The quantitative estimate of drug-likeness (QED) is 0.0195. The van der Waals surface area contributed by atoms with E-state index in [0.29, 0.717) is 17.4 Å². The van der Waals surface area contributed by atoms with Crippen LogP contribution >= 0.6 is 0 Å². The average molecular weight is 1100 g/mol. The highest BCUT2D eigenvalue weighted by atomic mass is 16.7. The van der Waals surface area contributed by atoms with Crippen molar-refractivity contribution >= 4 is 17.9 Å². The molecule has 0 aromatic rings. The molecular weight excluding hydrogens is 971 g/mol. The summed E-state index contributed by atoms with van der Waals surface area (Å²) in [5.74, 6) is -2.25. The van der Waals surface area contributed by atoms with Crippen molar-refractivity contribution < 1.29 is 42.9 Å². The van der Waals surface area contributed by atoms with E-state index in [1.807, 2.05) is 21.1 Å². The molecule has 2 atom stereocenters. The molecule has 0 aromatic heterocycles. The lowest BCUT2D eigenvalue weighted by atomic mass is 10.0. The van der Waals surface area contributed by atoms with Crippen molar-refractivity contribution in [3.63, 3.8) is 0 Å². The number of carbonyl (C=O) groups is 3. The molecule has 0 heterocycles. The van der Waals surface area contributed by atoms with Crippen molar-refractivity contribution in [2.24, 2.45) is 0 Å². The second-order valence-corrected chi connectivity index (χ2v) is 24.5. The van der Waals surface area contributed by atoms with Gasteiger partial charge in [0.05, 0.1) is 40.3 Å². The summed E-state index contributed by atoms with van der Waals surface area (Å²) in [6.07, 6.45) is 71.1. The highest BCUT2D eigenvalue weighted by Crippen LogP contribution is 2.19. The Morgan fingerprint density at radius 3 is 1.01 bits per heavy atom. The topological polar surface area (TPSA) is 111 Å². The summed E-state index contributed by atoms with van der Waals surface area (Å²) in [5, 5.41) is 11.8. The molecule has 0 spiro atoms. The summed E-state index contributed by atoms with van der Waals surface area (Å²) < 4.78 is 22.8. The SMILES string of the molecule is CCCCCCC/C=C\C/C=C\CCCCCCCCCCCCCCCCCCCCCCCC(=O)OC(COC(=O)CCCCCCCCCCCCCCCCCCCCCC)COC(OCC[N+](C)(C)C)C(=O)[O-]. The van der Waals surface area contributed by atoms with E-state index in [4.69, 9.17) is 18.9 Å². The molecule has 0 N–H and O–H groups in total. The van der Waals surface area contributed by atoms with E-state index in [-0.39, 0.29) is 32.2 Å². The zero-order chi connectivity index (χ0) is 56.9. The molecule has 0 saturated carbocycles. The van der Waals surface area contributed by atoms with Crippen LogP contribution in [-0.4, -0.2) is 82.3 Å². The second kappa shape index (κ2) is 60.9. The van der Waals surface area contributed by atoms with Gasteiger partial charge in [0.1, 0.15) is 13.2 Å². The Hall–Kier alpha value is -2.23. The number of esters is 2. The van der Waals surface area contributed by atoms with E-state index in [1.54, 1.807) is 0 Å². The lowest BCUT2D eigenvalue weighted by Crippen LogP contribution is -2.44. The van der Waals surface area contributed by atoms with Crippen molar-refractivity contribution in [3.05, 3.63) is 24.3 Å². The van der Waals surface area contributed by atoms with Crippen LogP contribution in [0.2, 0.25) is 0 Å². The minimum absolute atomic E-state index is 0.152. The van der Waals surface area contributed by atoms with Crippen molar-refractivity contribution in [1.82, 2.24) is 0 Å². The third kappa shape index (κ3) is 61.4. The number of quaternary nitrogens is 1. The van der Waals surface area contributed by atoms with Crippen LogP contribution < -0.4 is 5.11 Å². The van der Waals surface area contributed by atoms with Crippen LogP contribution in [0.5, 0.6) is 0 Å². The number of aliphatic carboxylic acids is 1. The number of unbranched alkanes of at least 4 members (excludes halogenated alkanes) is 45. The molecule has 0 saturated heterocycles. The number of carboxylic acid groups (broad SMARTS) is 1. The number of hydrogen-bond donors (Lipinski definition) is 0. The number of rotatable bonds is 64. The Balaban J connectivity index is 4.04. The van der Waals surface area contributed by atoms with Crippen molar-refractivity contribution in [1.29, 1.82) is 0 Å². The number of carbonyl (C=O) groups excluding carboxylic acids is 3. The van der Waals surface area contributed by atoms with Gasteiger partial charge in [-0.2, -0.15) is 0 Å². The Labute approximate surface area is 484 Å². The third-order valence-electron chi connectivity index (χ3n) is 15.5. The number of carboxylic acids is 1. The van der Waals surface area contributed by atoms with Gasteiger partial charge in [-0.1, -0.05) is 308 Å². The highest BCUT2D eigenvalue weighted by Gasteiger charge is 2.22. The standard InChI is InChI=1S/C69H131NO8/c1-6-8-10-12-14-16-18-20-22-24-26-28-29-30-31-32-33-34-35-36-37-38-39-40-42-44-46-48-50-52-54-56-58-60-67(72)78-65(64-77-69(68(73)74)75-62-61-70(3,4)5)63-76-66(71)59-57-55-53-51-49-47-45-43-41-27-25-23-21-19-17-15-13-11-9-7-2/h18,20,24,26,65,69H,6-17,19,21-23,25,27-64H2,1-5H3/b20-18-,26-24-. The molecule has 0 rings (SSSR count). The molecule has 0 fully saturated rings. The number of ether oxygens (including phenoxy) is 4. The summed E-state index contributed by atoms with van der Waals surface area (Å²) in [6.45, 7) is 4.81. The second-order valence-electron chi connectivity index (χ2n) is 24.5. The minimum atomic E-state index is -1.62. The fraction of sp³-hybridized carbons (Fsp3) is 0.899. The molecule has 0 aliphatic rings. The first-order valence-corrected chi connectivity index (χ1v) is 34.0. The molecule has 0 amide bonds. The molecule has 78 heavy (non-hydrogen) atoms. The number of nitrogens with zero attached hydrogens (tertiary/aromatic N) is 1. The third-order valence-corrected chi connectivity index (χ3v) is 15.5. The van der Waals surface area contributed by atoms with E-state index in [9.17, 15) is 19.5 Å². The molecule has 9 heteroatoms. The average Bonchev–Trinajstić information content (AvgIpc) is 3.41. The molecule has 0 radical (unpaired) electrons. The highest BCUT2D eigenvalue weighted by molar-refractivity contribution is 5.70. The summed E-state index contributed by atoms with van der Waals surface area (Å²) in [4.78, 5) is 37.4. The summed E-state index contributed by atoms with van der Waals surface area (Å²) in [6, 6.07) is 0. The number of likely N-dealkylation sites (N-methyl/N-ethyl adjacent to an activating group) is 1. The molecule has 0 aliphatic carbocycles. The van der Waals surface area contributed by atoms with Gasteiger partial charge in [-0.25, -0.2) is 0 Å². The van der Waals surface area contributed by atoms with Gasteiger partial charge in [-0.3, -0.25) is 9.59 Å². The van der Waals surface area contributed by atoms with Gasteiger partial charge in [0, 0.05) is 12.8 Å². The van der Waals surface area contributed by atoms with Crippen LogP contribution in [0.15, 0.2) is 24.3 Å². The Bertz CT molecular complexity index is 1330. The van der Waals surface area contributed by atoms with Gasteiger partial charge in [0.15, 0.2) is 12.4 Å². The van der Waals surface area contributed by atoms with Crippen LogP contribution in [-0.2, 0) is 33.3 Å². The fourth-order valence-electron chi connectivity index (χ4n) is 10.2. The predicted molar refractivity (Wildman–Crippen MR) is 330 cm³/mol. The van der Waals surface area contributed by atoms with Crippen molar-refractivity contribution in [3.8, 4) is 0 Å². The van der Waals surface area contributed by atoms with Crippen LogP contribution in [0.3, 0.4) is 0 Å². The number of hydrogen-bond acceptors (Lipinski definition) is 8.